The van der Waals surface area contributed by atoms with E-state index < -0.39 is 28.5 Å². The molecule has 0 heterocycles. The number of aryl methyl sites for hydroxylation is 1. The van der Waals surface area contributed by atoms with Crippen molar-refractivity contribution in [2.75, 3.05) is 17.4 Å². The summed E-state index contributed by atoms with van der Waals surface area (Å²) in [6.07, 6.45) is 1.83. The van der Waals surface area contributed by atoms with Crippen molar-refractivity contribution >= 4 is 66.7 Å². The van der Waals surface area contributed by atoms with Gasteiger partial charge in [0.2, 0.25) is 11.8 Å². The second-order valence-electron chi connectivity index (χ2n) is 10.9. The number of hydrogen-bond acceptors (Lipinski definition) is 4. The molecule has 242 valence electrons. The van der Waals surface area contributed by atoms with Gasteiger partial charge in [-0.15, -0.1) is 0 Å². The number of amides is 2. The Labute approximate surface area is 289 Å². The highest BCUT2D eigenvalue weighted by molar-refractivity contribution is 9.10. The molecule has 0 aliphatic carbocycles. The molecule has 0 aromatic heterocycles. The minimum absolute atomic E-state index is 0.0349. The largest absolute Gasteiger partial charge is 0.354 e. The molecule has 4 aromatic carbocycles. The molecule has 46 heavy (non-hydrogen) atoms. The van der Waals surface area contributed by atoms with Gasteiger partial charge in [0.15, 0.2) is 0 Å². The van der Waals surface area contributed by atoms with Crippen LogP contribution in [0, 0.1) is 6.92 Å². The number of carbonyl (C=O) groups is 2. The Balaban J connectivity index is 1.82. The second-order valence-corrected chi connectivity index (χ2v) is 14.5. The van der Waals surface area contributed by atoms with Gasteiger partial charge in [-0.3, -0.25) is 13.9 Å². The summed E-state index contributed by atoms with van der Waals surface area (Å²) < 4.78 is 30.1. The average molecular weight is 746 g/mol. The molecule has 7 nitrogen and oxygen atoms in total. The molecule has 0 radical (unpaired) electrons. The lowest BCUT2D eigenvalue weighted by molar-refractivity contribution is -0.140. The van der Waals surface area contributed by atoms with Crippen LogP contribution in [0.15, 0.2) is 106 Å². The zero-order valence-corrected chi connectivity index (χ0v) is 29.5. The minimum atomic E-state index is -4.21. The van der Waals surface area contributed by atoms with Gasteiger partial charge in [0, 0.05) is 39.6 Å². The standard InChI is InChI=1S/C35H36BrCl2N3O4S/c1-3-4-21-39-35(43)33(22-26-9-6-5-7-10-26)40(23-30-31(37)11-8-12-32(30)38)34(42)24-41(28-17-15-27(36)16-18-28)46(44,45)29-19-13-25(2)14-20-29/h5-20,33H,3-4,21-24H2,1-2H3,(H,39,43). The summed E-state index contributed by atoms with van der Waals surface area (Å²) in [7, 11) is -4.21. The maximum Gasteiger partial charge on any atom is 0.264 e. The quantitative estimate of drug-likeness (QED) is 0.134. The summed E-state index contributed by atoms with van der Waals surface area (Å²) in [6.45, 7) is 3.63. The molecular formula is C35H36BrCl2N3O4S. The summed E-state index contributed by atoms with van der Waals surface area (Å²) in [4.78, 5) is 29.8. The smallest absolute Gasteiger partial charge is 0.264 e. The minimum Gasteiger partial charge on any atom is -0.354 e. The van der Waals surface area contributed by atoms with Gasteiger partial charge in [0.25, 0.3) is 10.0 Å². The molecule has 4 rings (SSSR count). The molecule has 1 N–H and O–H groups in total. The Morgan fingerprint density at radius 1 is 0.870 bits per heavy atom. The van der Waals surface area contributed by atoms with Gasteiger partial charge < -0.3 is 10.2 Å². The predicted molar refractivity (Wildman–Crippen MR) is 189 cm³/mol. The van der Waals surface area contributed by atoms with E-state index >= 15 is 0 Å². The third kappa shape index (κ3) is 9.12. The number of rotatable bonds is 14. The van der Waals surface area contributed by atoms with E-state index in [9.17, 15) is 18.0 Å². The Hall–Kier alpha value is -3.37. The lowest BCUT2D eigenvalue weighted by Crippen LogP contribution is -2.53. The van der Waals surface area contributed by atoms with Crippen LogP contribution in [0.3, 0.4) is 0 Å². The van der Waals surface area contributed by atoms with Crippen LogP contribution in [0.1, 0.15) is 36.5 Å². The van der Waals surface area contributed by atoms with Crippen LogP contribution in [0.4, 0.5) is 5.69 Å². The van der Waals surface area contributed by atoms with Gasteiger partial charge in [0.1, 0.15) is 12.6 Å². The molecule has 1 unspecified atom stereocenters. The fourth-order valence-corrected chi connectivity index (χ4v) is 7.08. The first-order valence-electron chi connectivity index (χ1n) is 14.9. The molecule has 0 aliphatic rings. The highest BCUT2D eigenvalue weighted by Crippen LogP contribution is 2.29. The molecule has 0 bridgehead atoms. The third-order valence-electron chi connectivity index (χ3n) is 7.49. The van der Waals surface area contributed by atoms with Crippen LogP contribution in [-0.4, -0.2) is 44.3 Å². The number of nitrogens with zero attached hydrogens (tertiary/aromatic N) is 2. The lowest BCUT2D eigenvalue weighted by Gasteiger charge is -2.34. The molecule has 0 saturated heterocycles. The van der Waals surface area contributed by atoms with Crippen molar-refractivity contribution in [1.82, 2.24) is 10.2 Å². The predicted octanol–water partition coefficient (Wildman–Crippen LogP) is 7.82. The van der Waals surface area contributed by atoms with E-state index in [0.717, 1.165) is 32.7 Å². The summed E-state index contributed by atoms with van der Waals surface area (Å²) in [5, 5.41) is 3.62. The molecular weight excluding hydrogens is 709 g/mol. The van der Waals surface area contributed by atoms with Crippen LogP contribution in [0.25, 0.3) is 0 Å². The van der Waals surface area contributed by atoms with Crippen molar-refractivity contribution in [2.24, 2.45) is 0 Å². The number of unbranched alkanes of at least 4 members (excludes halogenated alkanes) is 1. The number of nitrogens with one attached hydrogen (secondary N) is 1. The Morgan fingerprint density at radius 2 is 1.50 bits per heavy atom. The first kappa shape index (κ1) is 35.5. The van der Waals surface area contributed by atoms with E-state index in [0.29, 0.717) is 27.8 Å². The molecule has 2 amide bonds. The van der Waals surface area contributed by atoms with Crippen molar-refractivity contribution in [3.63, 3.8) is 0 Å². The van der Waals surface area contributed by atoms with E-state index in [1.54, 1.807) is 54.6 Å². The fraction of sp³-hybridized carbons (Fsp3) is 0.257. The van der Waals surface area contributed by atoms with Crippen molar-refractivity contribution in [3.8, 4) is 0 Å². The number of carbonyl (C=O) groups excluding carboxylic acids is 2. The Bertz CT molecular complexity index is 1720. The normalized spacial score (nSPS) is 11.9. The number of halogens is 3. The first-order chi connectivity index (χ1) is 22.0. The Morgan fingerprint density at radius 3 is 2.11 bits per heavy atom. The summed E-state index contributed by atoms with van der Waals surface area (Å²) >= 11 is 16.5. The molecule has 0 aliphatic heterocycles. The lowest BCUT2D eigenvalue weighted by atomic mass is 10.0. The van der Waals surface area contributed by atoms with Crippen LogP contribution in [0.2, 0.25) is 10.0 Å². The maximum absolute atomic E-state index is 14.6. The van der Waals surface area contributed by atoms with Crippen LogP contribution in [-0.2, 0) is 32.6 Å². The van der Waals surface area contributed by atoms with Gasteiger partial charge in [-0.2, -0.15) is 0 Å². The van der Waals surface area contributed by atoms with Gasteiger partial charge in [-0.1, -0.05) is 107 Å². The molecule has 0 saturated carbocycles. The van der Waals surface area contributed by atoms with Gasteiger partial charge in [-0.05, 0) is 67.4 Å². The van der Waals surface area contributed by atoms with Crippen LogP contribution >= 0.6 is 39.1 Å². The topological polar surface area (TPSA) is 86.8 Å². The van der Waals surface area contributed by atoms with Crippen molar-refractivity contribution in [2.45, 2.75) is 50.6 Å². The number of anilines is 1. The van der Waals surface area contributed by atoms with Gasteiger partial charge >= 0.3 is 0 Å². The maximum atomic E-state index is 14.6. The van der Waals surface area contributed by atoms with E-state index in [1.807, 2.05) is 44.2 Å². The van der Waals surface area contributed by atoms with Gasteiger partial charge in [-0.25, -0.2) is 8.42 Å². The van der Waals surface area contributed by atoms with E-state index in [2.05, 4.69) is 21.2 Å². The summed E-state index contributed by atoms with van der Waals surface area (Å²) in [5.41, 5.74) is 2.47. The molecule has 0 spiro atoms. The molecule has 1 atom stereocenters. The molecule has 0 fully saturated rings. The van der Waals surface area contributed by atoms with E-state index in [-0.39, 0.29) is 23.8 Å². The molecule has 4 aromatic rings. The van der Waals surface area contributed by atoms with E-state index in [4.69, 9.17) is 23.2 Å². The summed E-state index contributed by atoms with van der Waals surface area (Å²) in [6, 6.07) is 26.5. The zero-order valence-electron chi connectivity index (χ0n) is 25.6. The average Bonchev–Trinajstić information content (AvgIpc) is 3.04. The van der Waals surface area contributed by atoms with Crippen molar-refractivity contribution in [1.29, 1.82) is 0 Å². The number of sulfonamides is 1. The van der Waals surface area contributed by atoms with Crippen LogP contribution in [0.5, 0.6) is 0 Å². The highest BCUT2D eigenvalue weighted by Gasteiger charge is 2.35. The summed E-state index contributed by atoms with van der Waals surface area (Å²) in [5.74, 6) is -0.952. The van der Waals surface area contributed by atoms with Crippen LogP contribution < -0.4 is 9.62 Å². The fourth-order valence-electron chi connectivity index (χ4n) is 4.89. The first-order valence-corrected chi connectivity index (χ1v) is 17.9. The number of benzene rings is 4. The molecule has 11 heteroatoms. The second kappa shape index (κ2) is 16.5. The monoisotopic (exact) mass is 743 g/mol. The zero-order chi connectivity index (χ0) is 33.3. The number of hydrogen-bond donors (Lipinski definition) is 1. The van der Waals surface area contributed by atoms with Crippen molar-refractivity contribution in [3.05, 3.63) is 128 Å². The van der Waals surface area contributed by atoms with Gasteiger partial charge in [0.05, 0.1) is 10.6 Å². The third-order valence-corrected chi connectivity index (χ3v) is 10.5. The SMILES string of the molecule is CCCCNC(=O)C(Cc1ccccc1)N(Cc1c(Cl)cccc1Cl)C(=O)CN(c1ccc(Br)cc1)S(=O)(=O)c1ccc(C)cc1. The Kier molecular flexibility index (Phi) is 12.7. The van der Waals surface area contributed by atoms with E-state index in [1.165, 1.54) is 17.0 Å². The van der Waals surface area contributed by atoms with Crippen molar-refractivity contribution < 1.29 is 18.0 Å². The highest BCUT2D eigenvalue weighted by atomic mass is 79.9.